The number of hydrogen-bond donors (Lipinski definition) is 1. The van der Waals surface area contributed by atoms with Gasteiger partial charge in [-0.1, -0.05) is 0 Å². The van der Waals surface area contributed by atoms with E-state index in [-0.39, 0.29) is 12.4 Å². The first-order valence-electron chi connectivity index (χ1n) is 7.00. The Bertz CT molecular complexity index is 255. The molecule has 18 heavy (non-hydrogen) atoms. The van der Waals surface area contributed by atoms with Crippen LogP contribution in [0.15, 0.2) is 0 Å². The number of halogens is 1. The first kappa shape index (κ1) is 15.7. The molecule has 0 aliphatic carbocycles. The molecule has 0 radical (unpaired) electrons. The summed E-state index contributed by atoms with van der Waals surface area (Å²) < 4.78 is 0. The molecule has 0 aromatic carbocycles. The maximum Gasteiger partial charge on any atom is 0.236 e. The fourth-order valence-electron chi connectivity index (χ4n) is 2.81. The van der Waals surface area contributed by atoms with Gasteiger partial charge >= 0.3 is 0 Å². The predicted octanol–water partition coefficient (Wildman–Crippen LogP) is 1.10. The number of carbonyl (C=O) groups is 1. The standard InChI is InChI=1S/C13H25N3O.ClH/c1-12-5-2-3-9-16(12)13(17)11-15-8-4-6-14-7-10-15;/h12,14H,2-11H2,1H3;1H. The lowest BCUT2D eigenvalue weighted by molar-refractivity contribution is -0.135. The van der Waals surface area contributed by atoms with Gasteiger partial charge in [-0.05, 0) is 45.7 Å². The molecular formula is C13H26ClN3O. The molecular weight excluding hydrogens is 250 g/mol. The van der Waals surface area contributed by atoms with E-state index < -0.39 is 0 Å². The second kappa shape index (κ2) is 7.97. The molecule has 2 aliphatic rings. The highest BCUT2D eigenvalue weighted by atomic mass is 35.5. The first-order chi connectivity index (χ1) is 8.27. The van der Waals surface area contributed by atoms with Gasteiger partial charge in [0.1, 0.15) is 0 Å². The second-order valence-corrected chi connectivity index (χ2v) is 5.31. The van der Waals surface area contributed by atoms with Gasteiger partial charge in [-0.25, -0.2) is 0 Å². The summed E-state index contributed by atoms with van der Waals surface area (Å²) in [5.74, 6) is 0.333. The fraction of sp³-hybridized carbons (Fsp3) is 0.923. The number of carbonyl (C=O) groups excluding carboxylic acids is 1. The number of hydrogen-bond acceptors (Lipinski definition) is 3. The maximum absolute atomic E-state index is 12.3. The third-order valence-electron chi connectivity index (χ3n) is 3.91. The van der Waals surface area contributed by atoms with Crippen LogP contribution in [0.4, 0.5) is 0 Å². The lowest BCUT2D eigenvalue weighted by atomic mass is 10.0. The smallest absolute Gasteiger partial charge is 0.236 e. The Morgan fingerprint density at radius 1 is 1.17 bits per heavy atom. The molecule has 0 aromatic heterocycles. The molecule has 4 nitrogen and oxygen atoms in total. The summed E-state index contributed by atoms with van der Waals surface area (Å²) in [4.78, 5) is 16.6. The van der Waals surface area contributed by atoms with Crippen molar-refractivity contribution in [2.75, 3.05) is 39.3 Å². The van der Waals surface area contributed by atoms with Crippen LogP contribution in [0.5, 0.6) is 0 Å². The zero-order chi connectivity index (χ0) is 12.1. The lowest BCUT2D eigenvalue weighted by Gasteiger charge is -2.35. The molecule has 2 fully saturated rings. The van der Waals surface area contributed by atoms with Gasteiger partial charge in [0.25, 0.3) is 0 Å². The van der Waals surface area contributed by atoms with Gasteiger partial charge < -0.3 is 10.2 Å². The van der Waals surface area contributed by atoms with E-state index in [4.69, 9.17) is 0 Å². The van der Waals surface area contributed by atoms with Crippen LogP contribution >= 0.6 is 12.4 Å². The van der Waals surface area contributed by atoms with Gasteiger partial charge in [0, 0.05) is 25.7 Å². The molecule has 0 saturated carbocycles. The summed E-state index contributed by atoms with van der Waals surface area (Å²) in [6.45, 7) is 7.93. The van der Waals surface area contributed by atoms with E-state index in [2.05, 4.69) is 22.0 Å². The minimum atomic E-state index is 0. The Hall–Kier alpha value is -0.320. The number of nitrogens with one attached hydrogen (secondary N) is 1. The zero-order valence-electron chi connectivity index (χ0n) is 11.4. The van der Waals surface area contributed by atoms with Gasteiger partial charge in [0.05, 0.1) is 6.54 Å². The molecule has 106 valence electrons. The molecule has 2 aliphatic heterocycles. The second-order valence-electron chi connectivity index (χ2n) is 5.31. The van der Waals surface area contributed by atoms with Gasteiger partial charge in [-0.3, -0.25) is 9.69 Å². The third-order valence-corrected chi connectivity index (χ3v) is 3.91. The summed E-state index contributed by atoms with van der Waals surface area (Å²) >= 11 is 0. The number of nitrogens with zero attached hydrogens (tertiary/aromatic N) is 2. The number of amides is 1. The van der Waals surface area contributed by atoms with Crippen LogP contribution in [-0.2, 0) is 4.79 Å². The van der Waals surface area contributed by atoms with Gasteiger partial charge in [-0.2, -0.15) is 0 Å². The monoisotopic (exact) mass is 275 g/mol. The minimum absolute atomic E-state index is 0. The Labute approximate surface area is 116 Å². The summed E-state index contributed by atoms with van der Waals surface area (Å²) in [6.07, 6.45) is 4.78. The molecule has 1 amide bonds. The quantitative estimate of drug-likeness (QED) is 0.820. The van der Waals surface area contributed by atoms with Crippen molar-refractivity contribution in [2.24, 2.45) is 0 Å². The topological polar surface area (TPSA) is 35.6 Å². The SMILES string of the molecule is CC1CCCCN1C(=O)CN1CCCNCC1.Cl. The summed E-state index contributed by atoms with van der Waals surface area (Å²) in [7, 11) is 0. The van der Waals surface area contributed by atoms with Gasteiger partial charge in [-0.15, -0.1) is 12.4 Å². The van der Waals surface area contributed by atoms with Crippen molar-refractivity contribution in [1.29, 1.82) is 0 Å². The van der Waals surface area contributed by atoms with Crippen molar-refractivity contribution in [3.05, 3.63) is 0 Å². The van der Waals surface area contributed by atoms with Crippen molar-refractivity contribution >= 4 is 18.3 Å². The highest BCUT2D eigenvalue weighted by Gasteiger charge is 2.24. The number of likely N-dealkylation sites (tertiary alicyclic amines) is 1. The van der Waals surface area contributed by atoms with E-state index in [1.54, 1.807) is 0 Å². The summed E-state index contributed by atoms with van der Waals surface area (Å²) in [6, 6.07) is 0.446. The first-order valence-corrected chi connectivity index (χ1v) is 7.00. The van der Waals surface area contributed by atoms with E-state index in [9.17, 15) is 4.79 Å². The van der Waals surface area contributed by atoms with Crippen molar-refractivity contribution in [1.82, 2.24) is 15.1 Å². The fourth-order valence-corrected chi connectivity index (χ4v) is 2.81. The van der Waals surface area contributed by atoms with Crippen LogP contribution in [0.3, 0.4) is 0 Å². The summed E-state index contributed by atoms with van der Waals surface area (Å²) in [5.41, 5.74) is 0. The normalized spacial score (nSPS) is 26.3. The van der Waals surface area contributed by atoms with Crippen molar-refractivity contribution in [2.45, 2.75) is 38.6 Å². The average Bonchev–Trinajstić information content (AvgIpc) is 2.58. The molecule has 2 saturated heterocycles. The largest absolute Gasteiger partial charge is 0.339 e. The number of piperidine rings is 1. The average molecular weight is 276 g/mol. The Balaban J connectivity index is 0.00000162. The van der Waals surface area contributed by atoms with Crippen LogP contribution in [0.2, 0.25) is 0 Å². The lowest BCUT2D eigenvalue weighted by Crippen LogP contribution is -2.47. The van der Waals surface area contributed by atoms with Crippen molar-refractivity contribution in [3.63, 3.8) is 0 Å². The van der Waals surface area contributed by atoms with Crippen LogP contribution in [0.1, 0.15) is 32.6 Å². The van der Waals surface area contributed by atoms with Crippen LogP contribution < -0.4 is 5.32 Å². The van der Waals surface area contributed by atoms with E-state index in [0.717, 1.165) is 39.1 Å². The van der Waals surface area contributed by atoms with Gasteiger partial charge in [0.15, 0.2) is 0 Å². The minimum Gasteiger partial charge on any atom is -0.339 e. The molecule has 2 rings (SSSR count). The zero-order valence-corrected chi connectivity index (χ0v) is 12.2. The molecule has 0 aromatic rings. The molecule has 2 heterocycles. The van der Waals surface area contributed by atoms with E-state index >= 15 is 0 Å². The third kappa shape index (κ3) is 4.41. The predicted molar refractivity (Wildman–Crippen MR) is 76.2 cm³/mol. The molecule has 5 heteroatoms. The highest BCUT2D eigenvalue weighted by Crippen LogP contribution is 2.16. The van der Waals surface area contributed by atoms with Crippen LogP contribution in [0, 0.1) is 0 Å². The molecule has 0 bridgehead atoms. The number of rotatable bonds is 2. The molecule has 1 atom stereocenters. The van der Waals surface area contributed by atoms with E-state index in [0.29, 0.717) is 18.5 Å². The van der Waals surface area contributed by atoms with Crippen molar-refractivity contribution < 1.29 is 4.79 Å². The van der Waals surface area contributed by atoms with E-state index in [1.165, 1.54) is 19.3 Å². The molecule has 1 unspecified atom stereocenters. The van der Waals surface area contributed by atoms with E-state index in [1.807, 2.05) is 0 Å². The Kier molecular flexibility index (Phi) is 6.97. The Morgan fingerprint density at radius 3 is 2.78 bits per heavy atom. The molecule has 0 spiro atoms. The Morgan fingerprint density at radius 2 is 2.00 bits per heavy atom. The highest BCUT2D eigenvalue weighted by molar-refractivity contribution is 5.85. The van der Waals surface area contributed by atoms with Crippen molar-refractivity contribution in [3.8, 4) is 0 Å². The van der Waals surface area contributed by atoms with Crippen LogP contribution in [-0.4, -0.2) is 61.0 Å². The van der Waals surface area contributed by atoms with Gasteiger partial charge in [0.2, 0.25) is 5.91 Å². The van der Waals surface area contributed by atoms with Crippen LogP contribution in [0.25, 0.3) is 0 Å². The summed E-state index contributed by atoms with van der Waals surface area (Å²) in [5, 5.41) is 3.37. The maximum atomic E-state index is 12.3. The molecule has 1 N–H and O–H groups in total.